The predicted octanol–water partition coefficient (Wildman–Crippen LogP) is 3.88. The zero-order chi connectivity index (χ0) is 14.5. The van der Waals surface area contributed by atoms with Crippen molar-refractivity contribution in [2.75, 3.05) is 13.6 Å². The van der Waals surface area contributed by atoms with Crippen LogP contribution in [-0.2, 0) is 11.3 Å². The fourth-order valence-electron chi connectivity index (χ4n) is 1.90. The van der Waals surface area contributed by atoms with Crippen LogP contribution < -0.4 is 5.32 Å². The van der Waals surface area contributed by atoms with Gasteiger partial charge < -0.3 is 5.32 Å². The Kier molecular flexibility index (Phi) is 5.77. The minimum atomic E-state index is 0.0593. The van der Waals surface area contributed by atoms with Crippen molar-refractivity contribution in [3.05, 3.63) is 43.2 Å². The molecule has 0 saturated carbocycles. The Balaban J connectivity index is 1.79. The number of nitrogens with one attached hydrogen (secondary N) is 1. The van der Waals surface area contributed by atoms with Crippen LogP contribution in [0.1, 0.15) is 22.7 Å². The van der Waals surface area contributed by atoms with Crippen LogP contribution >= 0.6 is 38.6 Å². The van der Waals surface area contributed by atoms with E-state index in [0.717, 1.165) is 10.3 Å². The van der Waals surface area contributed by atoms with Crippen molar-refractivity contribution in [2.45, 2.75) is 19.5 Å². The molecule has 0 fully saturated rings. The average Bonchev–Trinajstić information content (AvgIpc) is 3.00. The molecule has 3 nitrogen and oxygen atoms in total. The minimum Gasteiger partial charge on any atom is -0.348 e. The number of thiophene rings is 2. The molecule has 20 heavy (non-hydrogen) atoms. The van der Waals surface area contributed by atoms with Gasteiger partial charge in [0.2, 0.25) is 5.91 Å². The number of hydrogen-bond acceptors (Lipinski definition) is 4. The molecule has 1 amide bonds. The van der Waals surface area contributed by atoms with Crippen LogP contribution in [0.5, 0.6) is 0 Å². The first-order chi connectivity index (χ1) is 9.54. The number of halogens is 1. The average molecular weight is 373 g/mol. The van der Waals surface area contributed by atoms with Crippen molar-refractivity contribution >= 4 is 44.5 Å². The van der Waals surface area contributed by atoms with Crippen molar-refractivity contribution < 1.29 is 4.79 Å². The lowest BCUT2D eigenvalue weighted by Crippen LogP contribution is -2.35. The molecule has 0 aliphatic rings. The number of amides is 1. The molecular formula is C14H17BrN2OS2. The molecule has 1 unspecified atom stereocenters. The molecule has 2 heterocycles. The number of hydrogen-bond donors (Lipinski definition) is 1. The summed E-state index contributed by atoms with van der Waals surface area (Å²) in [4.78, 5) is 16.5. The lowest BCUT2D eigenvalue weighted by molar-refractivity contribution is -0.122. The second kappa shape index (κ2) is 7.36. The summed E-state index contributed by atoms with van der Waals surface area (Å²) in [5, 5.41) is 5.05. The number of carbonyl (C=O) groups excluding carboxylic acids is 1. The summed E-state index contributed by atoms with van der Waals surface area (Å²) in [5.41, 5.74) is 0. The maximum absolute atomic E-state index is 12.0. The first kappa shape index (κ1) is 15.7. The molecule has 1 atom stereocenters. The Hall–Kier alpha value is -0.690. The van der Waals surface area contributed by atoms with E-state index in [1.165, 1.54) is 9.75 Å². The third-order valence-corrected chi connectivity index (χ3v) is 5.48. The van der Waals surface area contributed by atoms with E-state index < -0.39 is 0 Å². The monoisotopic (exact) mass is 372 g/mol. The standard InChI is InChI=1S/C14H17BrN2OS2/c1-10(12-4-3-7-19-12)16-14(18)9-17(2)8-11-5-6-13(15)20-11/h3-7,10H,8-9H2,1-2H3,(H,16,18). The van der Waals surface area contributed by atoms with Gasteiger partial charge in [0.05, 0.1) is 16.4 Å². The summed E-state index contributed by atoms with van der Waals surface area (Å²) in [6.07, 6.45) is 0. The predicted molar refractivity (Wildman–Crippen MR) is 89.2 cm³/mol. The maximum Gasteiger partial charge on any atom is 0.234 e. The van der Waals surface area contributed by atoms with E-state index in [4.69, 9.17) is 0 Å². The lowest BCUT2D eigenvalue weighted by Gasteiger charge is -2.17. The van der Waals surface area contributed by atoms with Crippen LogP contribution in [0.15, 0.2) is 33.4 Å². The van der Waals surface area contributed by atoms with Crippen LogP contribution in [0.25, 0.3) is 0 Å². The Morgan fingerprint density at radius 1 is 1.45 bits per heavy atom. The topological polar surface area (TPSA) is 32.3 Å². The first-order valence-corrected chi connectivity index (χ1v) is 8.79. The summed E-state index contributed by atoms with van der Waals surface area (Å²) in [6, 6.07) is 8.24. The van der Waals surface area contributed by atoms with Crippen molar-refractivity contribution in [1.82, 2.24) is 10.2 Å². The van der Waals surface area contributed by atoms with Gasteiger partial charge in [-0.2, -0.15) is 0 Å². The summed E-state index contributed by atoms with van der Waals surface area (Å²) in [6.45, 7) is 3.21. The van der Waals surface area contributed by atoms with E-state index in [1.54, 1.807) is 22.7 Å². The quantitative estimate of drug-likeness (QED) is 0.834. The van der Waals surface area contributed by atoms with Crippen LogP contribution in [-0.4, -0.2) is 24.4 Å². The van der Waals surface area contributed by atoms with Crippen LogP contribution in [0.3, 0.4) is 0 Å². The van der Waals surface area contributed by atoms with Gasteiger partial charge in [-0.3, -0.25) is 9.69 Å². The SMILES string of the molecule is CC(NC(=O)CN(C)Cc1ccc(Br)s1)c1cccs1. The van der Waals surface area contributed by atoms with Gasteiger partial charge >= 0.3 is 0 Å². The van der Waals surface area contributed by atoms with E-state index in [9.17, 15) is 4.79 Å². The van der Waals surface area contributed by atoms with Crippen molar-refractivity contribution in [3.8, 4) is 0 Å². The molecule has 0 spiro atoms. The molecule has 0 radical (unpaired) electrons. The van der Waals surface area contributed by atoms with E-state index in [1.807, 2.05) is 42.5 Å². The highest BCUT2D eigenvalue weighted by molar-refractivity contribution is 9.11. The summed E-state index contributed by atoms with van der Waals surface area (Å²) in [7, 11) is 1.96. The van der Waals surface area contributed by atoms with Gasteiger partial charge in [0.1, 0.15) is 0 Å². The number of likely N-dealkylation sites (N-methyl/N-ethyl adjacent to an activating group) is 1. The molecule has 6 heteroatoms. The summed E-state index contributed by atoms with van der Waals surface area (Å²) in [5.74, 6) is 0.0593. The lowest BCUT2D eigenvalue weighted by atomic mass is 10.2. The molecule has 2 aromatic rings. The highest BCUT2D eigenvalue weighted by Crippen LogP contribution is 2.23. The second-order valence-corrected chi connectivity index (χ2v) is 8.21. The van der Waals surface area contributed by atoms with E-state index in [0.29, 0.717) is 6.54 Å². The molecule has 2 rings (SSSR count). The molecule has 1 N–H and O–H groups in total. The Labute approximate surface area is 135 Å². The number of rotatable bonds is 6. The van der Waals surface area contributed by atoms with Gasteiger partial charge in [-0.15, -0.1) is 22.7 Å². The summed E-state index contributed by atoms with van der Waals surface area (Å²) < 4.78 is 1.12. The van der Waals surface area contributed by atoms with E-state index in [2.05, 4.69) is 27.3 Å². The van der Waals surface area contributed by atoms with Gasteiger partial charge in [-0.25, -0.2) is 0 Å². The van der Waals surface area contributed by atoms with Gasteiger partial charge in [-0.05, 0) is 53.5 Å². The highest BCUT2D eigenvalue weighted by Gasteiger charge is 2.12. The van der Waals surface area contributed by atoms with Gasteiger partial charge in [-0.1, -0.05) is 6.07 Å². The van der Waals surface area contributed by atoms with Crippen molar-refractivity contribution in [1.29, 1.82) is 0 Å². The fourth-order valence-corrected chi connectivity index (χ4v) is 4.20. The molecule has 0 aliphatic heterocycles. The number of carbonyl (C=O) groups is 1. The fraction of sp³-hybridized carbons (Fsp3) is 0.357. The molecule has 0 aromatic carbocycles. The minimum absolute atomic E-state index is 0.0593. The van der Waals surface area contributed by atoms with E-state index >= 15 is 0 Å². The Morgan fingerprint density at radius 2 is 2.25 bits per heavy atom. The van der Waals surface area contributed by atoms with Crippen molar-refractivity contribution in [2.24, 2.45) is 0 Å². The summed E-state index contributed by atoms with van der Waals surface area (Å²) >= 11 is 6.82. The molecule has 0 saturated heterocycles. The Bertz CT molecular complexity index is 553. The smallest absolute Gasteiger partial charge is 0.234 e. The van der Waals surface area contributed by atoms with Crippen LogP contribution in [0, 0.1) is 0 Å². The number of nitrogens with zero attached hydrogens (tertiary/aromatic N) is 1. The second-order valence-electron chi connectivity index (χ2n) is 4.68. The normalized spacial score (nSPS) is 12.6. The largest absolute Gasteiger partial charge is 0.348 e. The molecule has 108 valence electrons. The third-order valence-electron chi connectivity index (χ3n) is 2.82. The Morgan fingerprint density at radius 3 is 2.85 bits per heavy atom. The third kappa shape index (κ3) is 4.70. The zero-order valence-electron chi connectivity index (χ0n) is 11.4. The van der Waals surface area contributed by atoms with Gasteiger partial charge in [0, 0.05) is 16.3 Å². The van der Waals surface area contributed by atoms with Crippen LogP contribution in [0.4, 0.5) is 0 Å². The highest BCUT2D eigenvalue weighted by atomic mass is 79.9. The van der Waals surface area contributed by atoms with Crippen molar-refractivity contribution in [3.63, 3.8) is 0 Å². The first-order valence-electron chi connectivity index (χ1n) is 6.30. The molecule has 0 aliphatic carbocycles. The zero-order valence-corrected chi connectivity index (χ0v) is 14.6. The molecule has 0 bridgehead atoms. The maximum atomic E-state index is 12.0. The van der Waals surface area contributed by atoms with E-state index in [-0.39, 0.29) is 11.9 Å². The van der Waals surface area contributed by atoms with Gasteiger partial charge in [0.15, 0.2) is 0 Å². The van der Waals surface area contributed by atoms with Crippen LogP contribution in [0.2, 0.25) is 0 Å². The molecule has 2 aromatic heterocycles. The molecular weight excluding hydrogens is 356 g/mol. The van der Waals surface area contributed by atoms with Gasteiger partial charge in [0.25, 0.3) is 0 Å².